The Balaban J connectivity index is 2.05. The van der Waals surface area contributed by atoms with E-state index in [0.29, 0.717) is 0 Å². The van der Waals surface area contributed by atoms with Gasteiger partial charge in [0.05, 0.1) is 5.69 Å². The predicted molar refractivity (Wildman–Crippen MR) is 54.6 cm³/mol. The van der Waals surface area contributed by atoms with Gasteiger partial charge in [0.2, 0.25) is 0 Å². The van der Waals surface area contributed by atoms with Crippen molar-refractivity contribution in [2.24, 2.45) is 5.92 Å². The molecule has 0 aliphatic heterocycles. The molecule has 3 nitrogen and oxygen atoms in total. The molecule has 1 fully saturated rings. The monoisotopic (exact) mass is 177 g/mol. The zero-order chi connectivity index (χ0) is 9.26. The molecule has 1 aromatic rings. The van der Waals surface area contributed by atoms with Gasteiger partial charge in [0.15, 0.2) is 0 Å². The molecule has 1 aliphatic carbocycles. The van der Waals surface area contributed by atoms with E-state index in [-0.39, 0.29) is 0 Å². The third kappa shape index (κ3) is 1.91. The number of rotatable bonds is 3. The smallest absolute Gasteiger partial charge is 0.149 e. The van der Waals surface area contributed by atoms with Crippen molar-refractivity contribution in [3.8, 4) is 0 Å². The number of hydrogen-bond acceptors (Lipinski definition) is 3. The summed E-state index contributed by atoms with van der Waals surface area (Å²) in [4.78, 5) is 4.20. The Morgan fingerprint density at radius 3 is 3.08 bits per heavy atom. The second-order valence-corrected chi connectivity index (χ2v) is 3.71. The van der Waals surface area contributed by atoms with Gasteiger partial charge in [-0.15, -0.1) is 0 Å². The van der Waals surface area contributed by atoms with Crippen LogP contribution in [0.3, 0.4) is 0 Å². The molecule has 1 saturated carbocycles. The number of nitrogens with two attached hydrogens (primary N) is 1. The number of aryl methyl sites for hydroxylation is 1. The average Bonchev–Trinajstić information content (AvgIpc) is 2.91. The molecule has 1 aromatic heterocycles. The van der Waals surface area contributed by atoms with Crippen molar-refractivity contribution < 1.29 is 0 Å². The van der Waals surface area contributed by atoms with Crippen LogP contribution in [-0.2, 0) is 0 Å². The Morgan fingerprint density at radius 1 is 1.62 bits per heavy atom. The SMILES string of the molecule is Cc1ccnc(NCC2CC2)c1N. The molecule has 2 rings (SSSR count). The summed E-state index contributed by atoms with van der Waals surface area (Å²) in [5.41, 5.74) is 7.74. The lowest BCUT2D eigenvalue weighted by molar-refractivity contribution is 0.883. The molecule has 0 amide bonds. The lowest BCUT2D eigenvalue weighted by Gasteiger charge is -2.08. The fraction of sp³-hybridized carbons (Fsp3) is 0.500. The number of nitrogens with zero attached hydrogens (tertiary/aromatic N) is 1. The fourth-order valence-electron chi connectivity index (χ4n) is 1.27. The zero-order valence-corrected chi connectivity index (χ0v) is 7.88. The van der Waals surface area contributed by atoms with Crippen LogP contribution in [0.15, 0.2) is 12.3 Å². The van der Waals surface area contributed by atoms with Gasteiger partial charge < -0.3 is 11.1 Å². The molecule has 13 heavy (non-hydrogen) atoms. The molecule has 1 heterocycles. The first kappa shape index (κ1) is 8.35. The standard InChI is InChI=1S/C10H15N3/c1-7-4-5-12-10(9(7)11)13-6-8-2-3-8/h4-5,8H,2-3,6,11H2,1H3,(H,12,13). The first-order chi connectivity index (χ1) is 6.27. The number of nitrogen functional groups attached to an aromatic ring is 1. The van der Waals surface area contributed by atoms with Crippen LogP contribution in [0.25, 0.3) is 0 Å². The maximum atomic E-state index is 5.86. The van der Waals surface area contributed by atoms with E-state index < -0.39 is 0 Å². The zero-order valence-electron chi connectivity index (χ0n) is 7.88. The molecule has 70 valence electrons. The van der Waals surface area contributed by atoms with Gasteiger partial charge in [-0.2, -0.15) is 0 Å². The number of anilines is 2. The molecule has 0 aromatic carbocycles. The van der Waals surface area contributed by atoms with Gasteiger partial charge in [-0.25, -0.2) is 4.98 Å². The largest absolute Gasteiger partial charge is 0.396 e. The van der Waals surface area contributed by atoms with Crippen LogP contribution in [0.2, 0.25) is 0 Å². The Bertz CT molecular complexity index is 305. The van der Waals surface area contributed by atoms with Crippen molar-refractivity contribution in [3.05, 3.63) is 17.8 Å². The Morgan fingerprint density at radius 2 is 2.38 bits per heavy atom. The molecule has 0 saturated heterocycles. The topological polar surface area (TPSA) is 50.9 Å². The van der Waals surface area contributed by atoms with Crippen LogP contribution >= 0.6 is 0 Å². The van der Waals surface area contributed by atoms with Crippen molar-refractivity contribution in [1.82, 2.24) is 4.98 Å². The lowest BCUT2D eigenvalue weighted by Crippen LogP contribution is -2.08. The third-order valence-electron chi connectivity index (χ3n) is 2.46. The van der Waals surface area contributed by atoms with Crippen molar-refractivity contribution in [1.29, 1.82) is 0 Å². The van der Waals surface area contributed by atoms with Crippen LogP contribution in [0.4, 0.5) is 11.5 Å². The Kier molecular flexibility index (Phi) is 2.08. The number of hydrogen-bond donors (Lipinski definition) is 2. The van der Waals surface area contributed by atoms with Crippen LogP contribution in [0.5, 0.6) is 0 Å². The minimum absolute atomic E-state index is 0.781. The van der Waals surface area contributed by atoms with Gasteiger partial charge >= 0.3 is 0 Å². The first-order valence-electron chi connectivity index (χ1n) is 4.72. The van der Waals surface area contributed by atoms with Crippen LogP contribution < -0.4 is 11.1 Å². The molecule has 1 aliphatic rings. The number of nitrogens with one attached hydrogen (secondary N) is 1. The molecule has 3 N–H and O–H groups in total. The van der Waals surface area contributed by atoms with E-state index in [4.69, 9.17) is 5.73 Å². The Labute approximate surface area is 78.4 Å². The lowest BCUT2D eigenvalue weighted by atomic mass is 10.2. The van der Waals surface area contributed by atoms with Gasteiger partial charge in [0.25, 0.3) is 0 Å². The van der Waals surface area contributed by atoms with Crippen molar-refractivity contribution in [2.45, 2.75) is 19.8 Å². The van der Waals surface area contributed by atoms with E-state index in [1.807, 2.05) is 13.0 Å². The summed E-state index contributed by atoms with van der Waals surface area (Å²) < 4.78 is 0. The summed E-state index contributed by atoms with van der Waals surface area (Å²) in [6, 6.07) is 1.93. The van der Waals surface area contributed by atoms with E-state index in [1.165, 1.54) is 12.8 Å². The fourth-order valence-corrected chi connectivity index (χ4v) is 1.27. The molecule has 0 atom stereocenters. The van der Waals surface area contributed by atoms with Crippen molar-refractivity contribution in [3.63, 3.8) is 0 Å². The third-order valence-corrected chi connectivity index (χ3v) is 2.46. The molecular weight excluding hydrogens is 162 g/mol. The van der Waals surface area contributed by atoms with E-state index >= 15 is 0 Å². The summed E-state index contributed by atoms with van der Waals surface area (Å²) >= 11 is 0. The first-order valence-corrected chi connectivity index (χ1v) is 4.72. The highest BCUT2D eigenvalue weighted by molar-refractivity contribution is 5.64. The van der Waals surface area contributed by atoms with E-state index in [2.05, 4.69) is 10.3 Å². The van der Waals surface area contributed by atoms with Gasteiger partial charge in [-0.3, -0.25) is 0 Å². The normalized spacial score (nSPS) is 15.8. The highest BCUT2D eigenvalue weighted by atomic mass is 15.0. The quantitative estimate of drug-likeness (QED) is 0.740. The average molecular weight is 177 g/mol. The summed E-state index contributed by atoms with van der Waals surface area (Å²) in [6.45, 7) is 3.01. The number of pyridine rings is 1. The summed E-state index contributed by atoms with van der Waals surface area (Å²) in [6.07, 6.45) is 4.48. The summed E-state index contributed by atoms with van der Waals surface area (Å²) in [7, 11) is 0. The molecule has 0 unspecified atom stereocenters. The minimum Gasteiger partial charge on any atom is -0.396 e. The molecule has 0 bridgehead atoms. The van der Waals surface area contributed by atoms with Gasteiger partial charge in [-0.1, -0.05) is 0 Å². The van der Waals surface area contributed by atoms with Crippen LogP contribution in [0.1, 0.15) is 18.4 Å². The van der Waals surface area contributed by atoms with E-state index in [1.54, 1.807) is 6.20 Å². The van der Waals surface area contributed by atoms with Crippen molar-refractivity contribution in [2.75, 3.05) is 17.6 Å². The Hall–Kier alpha value is -1.25. The van der Waals surface area contributed by atoms with Crippen molar-refractivity contribution >= 4 is 11.5 Å². The second-order valence-electron chi connectivity index (χ2n) is 3.71. The second kappa shape index (κ2) is 3.24. The maximum Gasteiger partial charge on any atom is 0.149 e. The number of aromatic nitrogens is 1. The van der Waals surface area contributed by atoms with Gasteiger partial charge in [0.1, 0.15) is 5.82 Å². The van der Waals surface area contributed by atoms with E-state index in [0.717, 1.165) is 29.5 Å². The minimum atomic E-state index is 0.781. The molecule has 3 heteroatoms. The van der Waals surface area contributed by atoms with Crippen LogP contribution in [-0.4, -0.2) is 11.5 Å². The molecule has 0 spiro atoms. The maximum absolute atomic E-state index is 5.86. The van der Waals surface area contributed by atoms with Gasteiger partial charge in [-0.05, 0) is 37.3 Å². The van der Waals surface area contributed by atoms with E-state index in [9.17, 15) is 0 Å². The van der Waals surface area contributed by atoms with Crippen LogP contribution in [0, 0.1) is 12.8 Å². The highest BCUT2D eigenvalue weighted by Crippen LogP contribution is 2.29. The van der Waals surface area contributed by atoms with Gasteiger partial charge in [0, 0.05) is 12.7 Å². The highest BCUT2D eigenvalue weighted by Gasteiger charge is 2.21. The summed E-state index contributed by atoms with van der Waals surface area (Å²) in [5, 5.41) is 3.28. The summed E-state index contributed by atoms with van der Waals surface area (Å²) in [5.74, 6) is 1.69. The predicted octanol–water partition coefficient (Wildman–Crippen LogP) is 1.79. The molecule has 0 radical (unpaired) electrons. The molecular formula is C10H15N3.